The van der Waals surface area contributed by atoms with E-state index < -0.39 is 10.8 Å². The van der Waals surface area contributed by atoms with E-state index in [4.69, 9.17) is 0 Å². The van der Waals surface area contributed by atoms with E-state index in [0.717, 1.165) is 17.5 Å². The summed E-state index contributed by atoms with van der Waals surface area (Å²) in [6.45, 7) is 4.21. The molecule has 1 aromatic rings. The van der Waals surface area contributed by atoms with Gasteiger partial charge in [-0.2, -0.15) is 0 Å². The van der Waals surface area contributed by atoms with Crippen molar-refractivity contribution in [1.29, 1.82) is 0 Å². The molecule has 19 heavy (non-hydrogen) atoms. The number of hydrogen-bond donors (Lipinski definition) is 0. The fourth-order valence-corrected chi connectivity index (χ4v) is 3.38. The third-order valence-corrected chi connectivity index (χ3v) is 4.74. The molecule has 1 aromatic carbocycles. The summed E-state index contributed by atoms with van der Waals surface area (Å²) in [4.78, 5) is 11.3. The van der Waals surface area contributed by atoms with E-state index in [-0.39, 0.29) is 12.4 Å². The summed E-state index contributed by atoms with van der Waals surface area (Å²) in [5.41, 5.74) is 1.89. The topological polar surface area (TPSA) is 43.4 Å². The highest BCUT2D eigenvalue weighted by Crippen LogP contribution is 2.14. The molecule has 3 nitrogen and oxygen atoms in total. The van der Waals surface area contributed by atoms with Crippen molar-refractivity contribution in [3.8, 4) is 0 Å². The number of carbonyl (C=O) groups excluding carboxylic acids is 1. The summed E-state index contributed by atoms with van der Waals surface area (Å²) in [6, 6.07) is 7.63. The van der Waals surface area contributed by atoms with Crippen LogP contribution < -0.4 is 0 Å². The Morgan fingerprint density at radius 3 is 2.53 bits per heavy atom. The molecular weight excluding hydrogens is 260 g/mol. The van der Waals surface area contributed by atoms with E-state index in [1.807, 2.05) is 24.3 Å². The molecule has 0 N–H and O–H groups in total. The third-order valence-electron chi connectivity index (χ3n) is 3.16. The van der Waals surface area contributed by atoms with Crippen LogP contribution >= 0.6 is 0 Å². The minimum atomic E-state index is -0.880. The number of hydrogen-bond acceptors (Lipinski definition) is 3. The minimum Gasteiger partial charge on any atom is -0.469 e. The predicted molar refractivity (Wildman–Crippen MR) is 78.3 cm³/mol. The number of benzene rings is 1. The predicted octanol–water partition coefficient (Wildman–Crippen LogP) is 2.70. The van der Waals surface area contributed by atoms with Gasteiger partial charge in [-0.3, -0.25) is 9.00 Å². The van der Waals surface area contributed by atoms with Crippen LogP contribution in [0.4, 0.5) is 0 Å². The Kier molecular flexibility index (Phi) is 6.78. The summed E-state index contributed by atoms with van der Waals surface area (Å²) >= 11 is 0. The highest BCUT2D eigenvalue weighted by molar-refractivity contribution is 7.84. The van der Waals surface area contributed by atoms with Crippen molar-refractivity contribution >= 4 is 16.8 Å². The monoisotopic (exact) mass is 282 g/mol. The molecule has 0 bridgehead atoms. The molecule has 0 aliphatic heterocycles. The average Bonchev–Trinajstić information content (AvgIpc) is 2.40. The van der Waals surface area contributed by atoms with Crippen molar-refractivity contribution in [2.75, 3.05) is 12.9 Å². The maximum absolute atomic E-state index is 12.1. The molecule has 106 valence electrons. The van der Waals surface area contributed by atoms with Gasteiger partial charge in [-0.15, -0.1) is 0 Å². The van der Waals surface area contributed by atoms with Gasteiger partial charge in [-0.25, -0.2) is 0 Å². The molecule has 2 atom stereocenters. The summed E-state index contributed by atoms with van der Waals surface area (Å²) in [5, 5.41) is 0. The molecule has 2 unspecified atom stereocenters. The molecule has 0 amide bonds. The molecule has 4 heteroatoms. The van der Waals surface area contributed by atoms with Crippen molar-refractivity contribution in [2.45, 2.75) is 32.4 Å². The molecule has 0 fully saturated rings. The van der Waals surface area contributed by atoms with Crippen LogP contribution in [-0.2, 0) is 32.5 Å². The lowest BCUT2D eigenvalue weighted by Gasteiger charge is -2.11. The van der Waals surface area contributed by atoms with Gasteiger partial charge in [0.2, 0.25) is 0 Å². The van der Waals surface area contributed by atoms with Gasteiger partial charge in [0, 0.05) is 22.3 Å². The van der Waals surface area contributed by atoms with Crippen LogP contribution in [-0.4, -0.2) is 23.0 Å². The minimum absolute atomic E-state index is 0.243. The van der Waals surface area contributed by atoms with E-state index in [2.05, 4.69) is 18.6 Å². The molecule has 0 spiro atoms. The van der Waals surface area contributed by atoms with Gasteiger partial charge in [0.1, 0.15) is 0 Å². The molecule has 0 radical (unpaired) electrons. The van der Waals surface area contributed by atoms with Crippen molar-refractivity contribution in [3.05, 3.63) is 35.4 Å². The van der Waals surface area contributed by atoms with Crippen LogP contribution in [0.3, 0.4) is 0 Å². The van der Waals surface area contributed by atoms with Crippen LogP contribution in [0.25, 0.3) is 0 Å². The van der Waals surface area contributed by atoms with Gasteiger partial charge >= 0.3 is 5.97 Å². The Balaban J connectivity index is 2.72. The van der Waals surface area contributed by atoms with Crippen molar-refractivity contribution < 1.29 is 13.7 Å². The summed E-state index contributed by atoms with van der Waals surface area (Å²) in [7, 11) is 0.501. The average molecular weight is 282 g/mol. The van der Waals surface area contributed by atoms with Crippen LogP contribution in [0, 0.1) is 5.92 Å². The first kappa shape index (κ1) is 15.9. The highest BCUT2D eigenvalue weighted by Gasteiger charge is 2.12. The smallest absolute Gasteiger partial charge is 0.309 e. The van der Waals surface area contributed by atoms with E-state index in [1.165, 1.54) is 7.11 Å². The lowest BCUT2D eigenvalue weighted by Crippen LogP contribution is -2.11. The molecular formula is C15H22O3S. The van der Waals surface area contributed by atoms with Crippen LogP contribution in [0.2, 0.25) is 0 Å². The Labute approximate surface area is 117 Å². The zero-order valence-corrected chi connectivity index (χ0v) is 12.7. The number of methoxy groups -OCH3 is 1. The number of rotatable bonds is 7. The van der Waals surface area contributed by atoms with Crippen molar-refractivity contribution in [2.24, 2.45) is 5.92 Å². The van der Waals surface area contributed by atoms with Crippen molar-refractivity contribution in [1.82, 2.24) is 0 Å². The Morgan fingerprint density at radius 1 is 1.32 bits per heavy atom. The molecule has 0 aromatic heterocycles. The highest BCUT2D eigenvalue weighted by atomic mass is 32.2. The molecule has 0 aliphatic rings. The maximum Gasteiger partial charge on any atom is 0.309 e. The largest absolute Gasteiger partial charge is 0.469 e. The van der Waals surface area contributed by atoms with Gasteiger partial charge in [-0.05, 0) is 17.0 Å². The lowest BCUT2D eigenvalue weighted by atomic mass is 10.1. The van der Waals surface area contributed by atoms with Crippen LogP contribution in [0.5, 0.6) is 0 Å². The first-order valence-corrected chi connectivity index (χ1v) is 8.04. The van der Waals surface area contributed by atoms with E-state index in [0.29, 0.717) is 17.4 Å². The molecule has 0 saturated heterocycles. The summed E-state index contributed by atoms with van der Waals surface area (Å²) in [5.74, 6) is 1.43. The molecule has 0 aliphatic carbocycles. The van der Waals surface area contributed by atoms with E-state index in [1.54, 1.807) is 0 Å². The lowest BCUT2D eigenvalue weighted by molar-refractivity contribution is -0.139. The first-order valence-electron chi connectivity index (χ1n) is 6.55. The van der Waals surface area contributed by atoms with E-state index >= 15 is 0 Å². The SMILES string of the molecule is CCC(C)CS(=O)Cc1ccccc1CC(=O)OC. The Hall–Kier alpha value is -1.16. The quantitative estimate of drug-likeness (QED) is 0.722. The van der Waals surface area contributed by atoms with E-state index in [9.17, 15) is 9.00 Å². The maximum atomic E-state index is 12.1. The molecule has 1 rings (SSSR count). The first-order chi connectivity index (χ1) is 9.06. The van der Waals surface area contributed by atoms with Crippen molar-refractivity contribution in [3.63, 3.8) is 0 Å². The second kappa shape index (κ2) is 8.10. The number of carbonyl (C=O) groups is 1. The van der Waals surface area contributed by atoms with Gasteiger partial charge < -0.3 is 4.74 Å². The second-order valence-electron chi connectivity index (χ2n) is 4.79. The zero-order chi connectivity index (χ0) is 14.3. The second-order valence-corrected chi connectivity index (χ2v) is 6.29. The normalized spacial score (nSPS) is 13.8. The van der Waals surface area contributed by atoms with Gasteiger partial charge in [0.25, 0.3) is 0 Å². The summed E-state index contributed by atoms with van der Waals surface area (Å²) < 4.78 is 16.8. The zero-order valence-electron chi connectivity index (χ0n) is 11.8. The van der Waals surface area contributed by atoms with Crippen LogP contribution in [0.1, 0.15) is 31.4 Å². The molecule has 0 saturated carbocycles. The fraction of sp³-hybridized carbons (Fsp3) is 0.533. The Bertz CT molecular complexity index is 443. The standard InChI is InChI=1S/C15H22O3S/c1-4-12(2)10-19(17)11-14-8-6-5-7-13(14)9-15(16)18-3/h5-8,12H,4,9-11H2,1-3H3. The third kappa shape index (κ3) is 5.55. The molecule has 0 heterocycles. The Morgan fingerprint density at radius 2 is 1.95 bits per heavy atom. The van der Waals surface area contributed by atoms with Crippen LogP contribution in [0.15, 0.2) is 24.3 Å². The van der Waals surface area contributed by atoms with Gasteiger partial charge in [0.15, 0.2) is 0 Å². The number of esters is 1. The fourth-order valence-electron chi connectivity index (χ4n) is 1.77. The summed E-state index contributed by atoms with van der Waals surface area (Å²) in [6.07, 6.45) is 1.28. The van der Waals surface area contributed by atoms with Gasteiger partial charge in [0.05, 0.1) is 13.5 Å². The number of ether oxygens (including phenoxy) is 1. The van der Waals surface area contributed by atoms with Gasteiger partial charge in [-0.1, -0.05) is 44.5 Å².